The molecular formula is C20H37N. The van der Waals surface area contributed by atoms with Crippen molar-refractivity contribution in [3.63, 3.8) is 0 Å². The Morgan fingerprint density at radius 1 is 0.762 bits per heavy atom. The molecule has 0 aliphatic carbocycles. The first-order chi connectivity index (χ1) is 9.29. The van der Waals surface area contributed by atoms with E-state index in [-0.39, 0.29) is 16.2 Å². The first-order valence-corrected chi connectivity index (χ1v) is 8.53. The Kier molecular flexibility index (Phi) is 4.79. The molecule has 0 amide bonds. The van der Waals surface area contributed by atoms with Gasteiger partial charge in [0.15, 0.2) is 0 Å². The fourth-order valence-corrected chi connectivity index (χ4v) is 3.67. The van der Waals surface area contributed by atoms with Crippen molar-refractivity contribution in [1.82, 2.24) is 4.57 Å². The number of hydrogen-bond acceptors (Lipinski definition) is 0. The second-order valence-corrected chi connectivity index (χ2v) is 9.17. The molecule has 0 atom stereocenters. The van der Waals surface area contributed by atoms with Crippen molar-refractivity contribution in [2.24, 2.45) is 0 Å². The summed E-state index contributed by atoms with van der Waals surface area (Å²) in [5, 5.41) is 0. The van der Waals surface area contributed by atoms with Crippen molar-refractivity contribution in [3.8, 4) is 0 Å². The summed E-state index contributed by atoms with van der Waals surface area (Å²) in [5.41, 5.74) is 6.76. The zero-order chi connectivity index (χ0) is 16.8. The van der Waals surface area contributed by atoms with Gasteiger partial charge in [0.1, 0.15) is 0 Å². The first-order valence-electron chi connectivity index (χ1n) is 8.53. The predicted octanol–water partition coefficient (Wildman–Crippen LogP) is 6.10. The summed E-state index contributed by atoms with van der Waals surface area (Å²) < 4.78 is 2.56. The van der Waals surface area contributed by atoms with Crippen molar-refractivity contribution >= 4 is 0 Å². The maximum atomic E-state index is 2.56. The molecule has 21 heavy (non-hydrogen) atoms. The van der Waals surface area contributed by atoms with Gasteiger partial charge >= 0.3 is 0 Å². The van der Waals surface area contributed by atoms with Crippen molar-refractivity contribution in [2.75, 3.05) is 0 Å². The summed E-state index contributed by atoms with van der Waals surface area (Å²) in [6, 6.07) is 0. The summed E-state index contributed by atoms with van der Waals surface area (Å²) in [6.45, 7) is 26.9. The number of nitrogens with zero attached hydrogens (tertiary/aromatic N) is 1. The van der Waals surface area contributed by atoms with Crippen LogP contribution in [-0.4, -0.2) is 4.57 Å². The Morgan fingerprint density at radius 3 is 1.52 bits per heavy atom. The van der Waals surface area contributed by atoms with E-state index in [4.69, 9.17) is 0 Å². The maximum Gasteiger partial charge on any atom is 0.0271 e. The number of rotatable bonds is 3. The van der Waals surface area contributed by atoms with E-state index in [0.717, 1.165) is 6.54 Å². The van der Waals surface area contributed by atoms with Crippen molar-refractivity contribution in [2.45, 2.75) is 105 Å². The van der Waals surface area contributed by atoms with Crippen LogP contribution in [0.4, 0.5) is 0 Å². The molecule has 1 aromatic rings. The van der Waals surface area contributed by atoms with E-state index >= 15 is 0 Å². The van der Waals surface area contributed by atoms with Gasteiger partial charge in [0.25, 0.3) is 0 Å². The molecule has 122 valence electrons. The predicted molar refractivity (Wildman–Crippen MR) is 95.6 cm³/mol. The Hall–Kier alpha value is -0.720. The zero-order valence-corrected chi connectivity index (χ0v) is 16.4. The molecular weight excluding hydrogens is 254 g/mol. The zero-order valence-electron chi connectivity index (χ0n) is 16.4. The van der Waals surface area contributed by atoms with Crippen LogP contribution >= 0.6 is 0 Å². The van der Waals surface area contributed by atoms with Gasteiger partial charge in [-0.2, -0.15) is 0 Å². The van der Waals surface area contributed by atoms with Crippen LogP contribution in [0.3, 0.4) is 0 Å². The van der Waals surface area contributed by atoms with Crippen LogP contribution in [0.1, 0.15) is 98.2 Å². The van der Waals surface area contributed by atoms with E-state index in [9.17, 15) is 0 Å². The third-order valence-electron chi connectivity index (χ3n) is 4.86. The molecule has 1 rings (SSSR count). The van der Waals surface area contributed by atoms with Crippen molar-refractivity contribution < 1.29 is 0 Å². The van der Waals surface area contributed by atoms with E-state index in [1.165, 1.54) is 12.1 Å². The molecule has 0 aliphatic heterocycles. The van der Waals surface area contributed by atoms with Crippen LogP contribution < -0.4 is 0 Å². The van der Waals surface area contributed by atoms with Crippen LogP contribution in [0, 0.1) is 6.92 Å². The van der Waals surface area contributed by atoms with Crippen LogP contribution in [-0.2, 0) is 22.8 Å². The highest BCUT2D eigenvalue weighted by Gasteiger charge is 2.38. The first kappa shape index (κ1) is 18.3. The lowest BCUT2D eigenvalue weighted by atomic mass is 9.70. The molecule has 0 aliphatic rings. The Bertz CT molecular complexity index is 501. The highest BCUT2D eigenvalue weighted by molar-refractivity contribution is 5.49. The highest BCUT2D eigenvalue weighted by atomic mass is 15.0. The Labute approximate surface area is 133 Å². The summed E-state index contributed by atoms with van der Waals surface area (Å²) in [4.78, 5) is 0. The average molecular weight is 292 g/mol. The van der Waals surface area contributed by atoms with Gasteiger partial charge in [-0.3, -0.25) is 0 Å². The van der Waals surface area contributed by atoms with E-state index in [2.05, 4.69) is 80.7 Å². The van der Waals surface area contributed by atoms with Crippen LogP contribution in [0.15, 0.2) is 0 Å². The van der Waals surface area contributed by atoms with Gasteiger partial charge in [-0.05, 0) is 42.2 Å². The summed E-state index contributed by atoms with van der Waals surface area (Å²) >= 11 is 0. The molecule has 0 bridgehead atoms. The van der Waals surface area contributed by atoms with E-state index < -0.39 is 0 Å². The Morgan fingerprint density at radius 2 is 1.24 bits per heavy atom. The molecule has 0 fully saturated rings. The lowest BCUT2D eigenvalue weighted by molar-refractivity contribution is 0.450. The fraction of sp³-hybridized carbons (Fsp3) is 0.800. The normalized spacial score (nSPS) is 13.9. The second-order valence-electron chi connectivity index (χ2n) is 9.17. The molecule has 1 aromatic heterocycles. The topological polar surface area (TPSA) is 4.93 Å². The molecule has 0 saturated carbocycles. The summed E-state index contributed by atoms with van der Waals surface area (Å²) in [6.07, 6.45) is 1.17. The van der Waals surface area contributed by atoms with Gasteiger partial charge in [-0.25, -0.2) is 0 Å². The molecule has 1 nitrogen and oxygen atoms in total. The van der Waals surface area contributed by atoms with E-state index in [1.54, 1.807) is 16.8 Å². The minimum absolute atomic E-state index is 0.173. The molecule has 1 heteroatoms. The fourth-order valence-electron chi connectivity index (χ4n) is 3.67. The lowest BCUT2D eigenvalue weighted by Crippen LogP contribution is -2.28. The smallest absolute Gasteiger partial charge is 0.0271 e. The van der Waals surface area contributed by atoms with Gasteiger partial charge in [0, 0.05) is 23.3 Å². The van der Waals surface area contributed by atoms with Crippen LogP contribution in [0.2, 0.25) is 0 Å². The minimum Gasteiger partial charge on any atom is -0.348 e. The van der Waals surface area contributed by atoms with Gasteiger partial charge < -0.3 is 4.57 Å². The van der Waals surface area contributed by atoms with Crippen LogP contribution in [0.25, 0.3) is 0 Å². The Balaban J connectivity index is 3.96. The third-order valence-corrected chi connectivity index (χ3v) is 4.86. The van der Waals surface area contributed by atoms with Crippen molar-refractivity contribution in [3.05, 3.63) is 22.5 Å². The molecule has 0 unspecified atom stereocenters. The molecule has 0 spiro atoms. The average Bonchev–Trinajstić information content (AvgIpc) is 2.61. The molecule has 0 radical (unpaired) electrons. The lowest BCUT2D eigenvalue weighted by Gasteiger charge is -2.34. The quantitative estimate of drug-likeness (QED) is 0.634. The van der Waals surface area contributed by atoms with Crippen molar-refractivity contribution in [1.29, 1.82) is 0 Å². The minimum atomic E-state index is 0.173. The highest BCUT2D eigenvalue weighted by Crippen LogP contribution is 2.45. The molecule has 0 N–H and O–H groups in total. The third kappa shape index (κ3) is 3.22. The summed E-state index contributed by atoms with van der Waals surface area (Å²) in [7, 11) is 0. The molecule has 1 heterocycles. The molecule has 0 saturated heterocycles. The largest absolute Gasteiger partial charge is 0.348 e. The van der Waals surface area contributed by atoms with Gasteiger partial charge in [-0.15, -0.1) is 0 Å². The standard InChI is InChI=1S/C20H37N/c1-12-20(10,11)16-15(18(4,5)6)14(3)21(13-2)17(16)19(7,8)9/h12-13H2,1-11H3. The number of hydrogen-bond donors (Lipinski definition) is 0. The monoisotopic (exact) mass is 291 g/mol. The van der Waals surface area contributed by atoms with Gasteiger partial charge in [0.2, 0.25) is 0 Å². The van der Waals surface area contributed by atoms with Crippen LogP contribution in [0.5, 0.6) is 0 Å². The maximum absolute atomic E-state index is 2.56. The molecule has 0 aromatic carbocycles. The van der Waals surface area contributed by atoms with E-state index in [1.807, 2.05) is 0 Å². The number of aromatic nitrogens is 1. The van der Waals surface area contributed by atoms with Gasteiger partial charge in [-0.1, -0.05) is 62.3 Å². The van der Waals surface area contributed by atoms with E-state index in [0.29, 0.717) is 0 Å². The second kappa shape index (κ2) is 5.48. The SMILES string of the molecule is CCn1c(C)c(C(C)(C)C)c(C(C)(C)CC)c1C(C)(C)C. The van der Waals surface area contributed by atoms with Gasteiger partial charge in [0.05, 0.1) is 0 Å². The summed E-state index contributed by atoms with van der Waals surface area (Å²) in [5.74, 6) is 0.